The summed E-state index contributed by atoms with van der Waals surface area (Å²) in [5.41, 5.74) is -0.354. The van der Waals surface area contributed by atoms with E-state index in [9.17, 15) is 5.26 Å². The highest BCUT2D eigenvalue weighted by Gasteiger charge is 2.27. The first kappa shape index (κ1) is 17.4. The maximum Gasteiger partial charge on any atom is 0.103 e. The molecule has 2 atom stereocenters. The molecule has 0 bridgehead atoms. The number of rotatable bonds is 9. The first-order chi connectivity index (χ1) is 9.58. The Hall–Kier alpha value is -0.630. The highest BCUT2D eigenvalue weighted by atomic mass is 15.2. The molecule has 1 fully saturated rings. The molecule has 1 saturated heterocycles. The van der Waals surface area contributed by atoms with Gasteiger partial charge in [-0.25, -0.2) is 0 Å². The van der Waals surface area contributed by atoms with E-state index in [0.29, 0.717) is 0 Å². The average Bonchev–Trinajstić information content (AvgIpc) is 2.89. The molecule has 0 spiro atoms. The van der Waals surface area contributed by atoms with Gasteiger partial charge in [-0.1, -0.05) is 20.8 Å². The number of likely N-dealkylation sites (tertiary alicyclic amines) is 1. The smallest absolute Gasteiger partial charge is 0.103 e. The van der Waals surface area contributed by atoms with Crippen molar-refractivity contribution in [2.75, 3.05) is 39.3 Å². The van der Waals surface area contributed by atoms with Gasteiger partial charge in [0.15, 0.2) is 0 Å². The zero-order chi connectivity index (χ0) is 15.0. The zero-order valence-corrected chi connectivity index (χ0v) is 13.8. The monoisotopic (exact) mass is 280 g/mol. The van der Waals surface area contributed by atoms with Crippen molar-refractivity contribution >= 4 is 0 Å². The maximum absolute atomic E-state index is 9.25. The second-order valence-corrected chi connectivity index (χ2v) is 6.04. The van der Waals surface area contributed by atoms with Crippen LogP contribution in [0.1, 0.15) is 47.0 Å². The van der Waals surface area contributed by atoms with Crippen LogP contribution in [0.5, 0.6) is 0 Å². The van der Waals surface area contributed by atoms with Crippen molar-refractivity contribution in [1.29, 1.82) is 5.26 Å². The minimum Gasteiger partial charge on any atom is -0.302 e. The summed E-state index contributed by atoms with van der Waals surface area (Å²) in [5, 5.41) is 12.5. The molecule has 0 aliphatic carbocycles. The highest BCUT2D eigenvalue weighted by Crippen LogP contribution is 2.17. The standard InChI is InChI=1S/C16H32N4/c1-5-18-16(4,14-17)10-8-11-19-12-9-15(13-19)20(6-2)7-3/h15,18H,5-13H2,1-4H3. The normalized spacial score (nSPS) is 22.9. The lowest BCUT2D eigenvalue weighted by molar-refractivity contribution is 0.208. The number of hydrogen-bond acceptors (Lipinski definition) is 4. The fourth-order valence-corrected chi connectivity index (χ4v) is 3.28. The minimum atomic E-state index is -0.354. The molecule has 1 N–H and O–H groups in total. The molecule has 0 aromatic rings. The molecule has 1 aliphatic heterocycles. The van der Waals surface area contributed by atoms with E-state index in [4.69, 9.17) is 0 Å². The molecule has 0 radical (unpaired) electrons. The molecule has 0 aromatic carbocycles. The second kappa shape index (κ2) is 8.61. The summed E-state index contributed by atoms with van der Waals surface area (Å²) in [5.74, 6) is 0. The van der Waals surface area contributed by atoms with Crippen LogP contribution in [0, 0.1) is 11.3 Å². The molecule has 20 heavy (non-hydrogen) atoms. The molecule has 4 heteroatoms. The molecule has 1 heterocycles. The summed E-state index contributed by atoms with van der Waals surface area (Å²) >= 11 is 0. The molecule has 0 amide bonds. The van der Waals surface area contributed by atoms with Crippen molar-refractivity contribution in [2.45, 2.75) is 58.5 Å². The first-order valence-corrected chi connectivity index (χ1v) is 8.21. The molecule has 0 aromatic heterocycles. The molecule has 1 aliphatic rings. The van der Waals surface area contributed by atoms with Gasteiger partial charge in [-0.05, 0) is 58.9 Å². The van der Waals surface area contributed by atoms with Gasteiger partial charge in [0.25, 0.3) is 0 Å². The number of nitrogens with one attached hydrogen (secondary N) is 1. The van der Waals surface area contributed by atoms with Gasteiger partial charge < -0.3 is 4.90 Å². The number of nitriles is 1. The van der Waals surface area contributed by atoms with Crippen LogP contribution >= 0.6 is 0 Å². The van der Waals surface area contributed by atoms with Crippen LogP contribution < -0.4 is 5.32 Å². The van der Waals surface area contributed by atoms with Crippen molar-refractivity contribution in [3.8, 4) is 6.07 Å². The molecule has 116 valence electrons. The largest absolute Gasteiger partial charge is 0.302 e. The Bertz CT molecular complexity index is 308. The lowest BCUT2D eigenvalue weighted by Crippen LogP contribution is -2.41. The maximum atomic E-state index is 9.25. The van der Waals surface area contributed by atoms with Crippen LogP contribution in [-0.4, -0.2) is 60.6 Å². The van der Waals surface area contributed by atoms with Gasteiger partial charge >= 0.3 is 0 Å². The van der Waals surface area contributed by atoms with E-state index in [-0.39, 0.29) is 5.54 Å². The summed E-state index contributed by atoms with van der Waals surface area (Å²) < 4.78 is 0. The van der Waals surface area contributed by atoms with E-state index in [1.807, 2.05) is 6.92 Å². The number of likely N-dealkylation sites (N-methyl/N-ethyl adjacent to an activating group) is 1. The van der Waals surface area contributed by atoms with Gasteiger partial charge in [0.1, 0.15) is 5.54 Å². The van der Waals surface area contributed by atoms with Crippen LogP contribution in [0.25, 0.3) is 0 Å². The molecule has 2 unspecified atom stereocenters. The summed E-state index contributed by atoms with van der Waals surface area (Å²) in [6, 6.07) is 3.15. The molecular weight excluding hydrogens is 248 g/mol. The lowest BCUT2D eigenvalue weighted by Gasteiger charge is -2.27. The van der Waals surface area contributed by atoms with Crippen molar-refractivity contribution in [3.63, 3.8) is 0 Å². The van der Waals surface area contributed by atoms with Crippen LogP contribution in [0.15, 0.2) is 0 Å². The van der Waals surface area contributed by atoms with E-state index in [1.54, 1.807) is 0 Å². The summed E-state index contributed by atoms with van der Waals surface area (Å²) in [6.45, 7) is 15.3. The Morgan fingerprint density at radius 3 is 2.60 bits per heavy atom. The Balaban J connectivity index is 2.29. The van der Waals surface area contributed by atoms with Crippen molar-refractivity contribution < 1.29 is 0 Å². The molecule has 0 saturated carbocycles. The van der Waals surface area contributed by atoms with E-state index in [2.05, 4.69) is 42.0 Å². The predicted molar refractivity (Wildman–Crippen MR) is 84.7 cm³/mol. The fraction of sp³-hybridized carbons (Fsp3) is 0.938. The van der Waals surface area contributed by atoms with Crippen LogP contribution in [-0.2, 0) is 0 Å². The Morgan fingerprint density at radius 1 is 1.35 bits per heavy atom. The zero-order valence-electron chi connectivity index (χ0n) is 13.8. The number of hydrogen-bond donors (Lipinski definition) is 1. The van der Waals surface area contributed by atoms with Crippen molar-refractivity contribution in [3.05, 3.63) is 0 Å². The molecular formula is C16H32N4. The summed E-state index contributed by atoms with van der Waals surface area (Å²) in [4.78, 5) is 5.13. The van der Waals surface area contributed by atoms with E-state index in [1.165, 1.54) is 19.5 Å². The van der Waals surface area contributed by atoms with Crippen LogP contribution in [0.3, 0.4) is 0 Å². The van der Waals surface area contributed by atoms with E-state index < -0.39 is 0 Å². The second-order valence-electron chi connectivity index (χ2n) is 6.04. The van der Waals surface area contributed by atoms with Gasteiger partial charge in [-0.15, -0.1) is 0 Å². The lowest BCUT2D eigenvalue weighted by atomic mass is 9.97. The van der Waals surface area contributed by atoms with Crippen molar-refractivity contribution in [2.24, 2.45) is 0 Å². The molecule has 4 nitrogen and oxygen atoms in total. The third-order valence-electron chi connectivity index (χ3n) is 4.54. The van der Waals surface area contributed by atoms with Gasteiger partial charge in [0.05, 0.1) is 6.07 Å². The van der Waals surface area contributed by atoms with Gasteiger partial charge in [-0.3, -0.25) is 10.2 Å². The third kappa shape index (κ3) is 5.05. The summed E-state index contributed by atoms with van der Waals surface area (Å²) in [6.07, 6.45) is 3.33. The highest BCUT2D eigenvalue weighted by molar-refractivity contribution is 5.03. The number of nitrogens with zero attached hydrogens (tertiary/aromatic N) is 3. The van der Waals surface area contributed by atoms with E-state index >= 15 is 0 Å². The topological polar surface area (TPSA) is 42.3 Å². The van der Waals surface area contributed by atoms with Gasteiger partial charge in [0.2, 0.25) is 0 Å². The van der Waals surface area contributed by atoms with Crippen LogP contribution in [0.4, 0.5) is 0 Å². The predicted octanol–water partition coefficient (Wildman–Crippen LogP) is 2.07. The third-order valence-corrected chi connectivity index (χ3v) is 4.54. The van der Waals surface area contributed by atoms with Gasteiger partial charge in [0, 0.05) is 12.6 Å². The van der Waals surface area contributed by atoms with E-state index in [0.717, 1.165) is 45.1 Å². The summed E-state index contributed by atoms with van der Waals surface area (Å²) in [7, 11) is 0. The Kier molecular flexibility index (Phi) is 7.50. The van der Waals surface area contributed by atoms with Crippen LogP contribution in [0.2, 0.25) is 0 Å². The van der Waals surface area contributed by atoms with Crippen molar-refractivity contribution in [1.82, 2.24) is 15.1 Å². The Labute approximate surface area is 125 Å². The quantitative estimate of drug-likeness (QED) is 0.702. The minimum absolute atomic E-state index is 0.354. The fourth-order valence-electron chi connectivity index (χ4n) is 3.28. The SMILES string of the molecule is CCNC(C)(C#N)CCCN1CCC(N(CC)CC)C1. The first-order valence-electron chi connectivity index (χ1n) is 8.21. The Morgan fingerprint density at radius 2 is 2.05 bits per heavy atom. The average molecular weight is 280 g/mol. The van der Waals surface area contributed by atoms with Gasteiger partial charge in [-0.2, -0.15) is 5.26 Å². The molecule has 1 rings (SSSR count).